The second kappa shape index (κ2) is 9.20. The van der Waals surface area contributed by atoms with Gasteiger partial charge >= 0.3 is 5.97 Å². The zero-order valence-electron chi connectivity index (χ0n) is 12.7. The molecule has 1 atom stereocenters. The maximum Gasteiger partial charge on any atom is 0.307 e. The molecule has 2 heteroatoms. The number of hydrogen-bond donors (Lipinski definition) is 0. The lowest BCUT2D eigenvalue weighted by atomic mass is 10.1. The van der Waals surface area contributed by atoms with E-state index < -0.39 is 0 Å². The fraction of sp³-hybridized carbons (Fsp3) is 0.500. The van der Waals surface area contributed by atoms with Crippen molar-refractivity contribution >= 4 is 5.97 Å². The molecule has 0 aliphatic heterocycles. The number of carbonyl (C=O) groups is 1. The van der Waals surface area contributed by atoms with Gasteiger partial charge in [-0.1, -0.05) is 62.9 Å². The van der Waals surface area contributed by atoms with E-state index in [1.807, 2.05) is 37.3 Å². The van der Waals surface area contributed by atoms with Crippen LogP contribution in [0, 0.1) is 17.8 Å². The maximum absolute atomic E-state index is 11.9. The summed E-state index contributed by atoms with van der Waals surface area (Å²) >= 11 is 0. The van der Waals surface area contributed by atoms with Crippen LogP contribution in [0.1, 0.15) is 45.6 Å². The van der Waals surface area contributed by atoms with Crippen LogP contribution in [-0.2, 0) is 16.0 Å². The van der Waals surface area contributed by atoms with Gasteiger partial charge in [0.15, 0.2) is 6.10 Å². The first-order chi connectivity index (χ1) is 9.61. The van der Waals surface area contributed by atoms with E-state index in [1.54, 1.807) is 0 Å². The van der Waals surface area contributed by atoms with Gasteiger partial charge < -0.3 is 4.74 Å². The lowest BCUT2D eigenvalue weighted by Crippen LogP contribution is -2.19. The van der Waals surface area contributed by atoms with Gasteiger partial charge in [0, 0.05) is 12.8 Å². The average molecular weight is 272 g/mol. The Balaban J connectivity index is 2.45. The number of esters is 1. The topological polar surface area (TPSA) is 26.3 Å². The van der Waals surface area contributed by atoms with Crippen molar-refractivity contribution in [3.8, 4) is 11.8 Å². The molecule has 0 heterocycles. The molecule has 1 aromatic rings. The van der Waals surface area contributed by atoms with Crippen molar-refractivity contribution in [2.24, 2.45) is 5.92 Å². The molecule has 0 saturated heterocycles. The summed E-state index contributed by atoms with van der Waals surface area (Å²) in [5, 5.41) is 0. The van der Waals surface area contributed by atoms with E-state index in [0.29, 0.717) is 12.3 Å². The summed E-state index contributed by atoms with van der Waals surface area (Å²) in [5.41, 5.74) is 1.16. The zero-order valence-corrected chi connectivity index (χ0v) is 12.7. The largest absolute Gasteiger partial charge is 0.449 e. The summed E-state index contributed by atoms with van der Waals surface area (Å²) in [7, 11) is 0. The van der Waals surface area contributed by atoms with Gasteiger partial charge in [-0.2, -0.15) is 0 Å². The van der Waals surface area contributed by atoms with Crippen LogP contribution in [0.4, 0.5) is 0 Å². The number of aryl methyl sites for hydroxylation is 1. The molecule has 1 rings (SSSR count). The Bertz CT molecular complexity index is 451. The van der Waals surface area contributed by atoms with E-state index >= 15 is 0 Å². The van der Waals surface area contributed by atoms with Crippen LogP contribution >= 0.6 is 0 Å². The maximum atomic E-state index is 11.9. The minimum Gasteiger partial charge on any atom is -0.449 e. The van der Waals surface area contributed by atoms with Crippen LogP contribution in [0.15, 0.2) is 30.3 Å². The van der Waals surface area contributed by atoms with E-state index in [-0.39, 0.29) is 12.1 Å². The molecule has 0 saturated carbocycles. The number of ether oxygens (including phenoxy) is 1. The van der Waals surface area contributed by atoms with Crippen LogP contribution in [0.2, 0.25) is 0 Å². The Hall–Kier alpha value is -1.75. The van der Waals surface area contributed by atoms with E-state index in [0.717, 1.165) is 24.8 Å². The van der Waals surface area contributed by atoms with Gasteiger partial charge in [0.2, 0.25) is 0 Å². The van der Waals surface area contributed by atoms with Gasteiger partial charge in [-0.25, -0.2) is 0 Å². The predicted molar refractivity (Wildman–Crippen MR) is 82.2 cm³/mol. The third kappa shape index (κ3) is 6.99. The van der Waals surface area contributed by atoms with Gasteiger partial charge in [-0.05, 0) is 24.3 Å². The first-order valence-corrected chi connectivity index (χ1v) is 7.33. The molecule has 0 radical (unpaired) electrons. The Morgan fingerprint density at radius 2 is 1.95 bits per heavy atom. The molecular formula is C18H24O2. The first-order valence-electron chi connectivity index (χ1n) is 7.33. The Morgan fingerprint density at radius 1 is 1.25 bits per heavy atom. The predicted octanol–water partition coefficient (Wildman–Crippen LogP) is 3.99. The molecule has 1 unspecified atom stereocenters. The van der Waals surface area contributed by atoms with Crippen LogP contribution in [-0.4, -0.2) is 12.1 Å². The van der Waals surface area contributed by atoms with E-state index in [1.165, 1.54) is 0 Å². The third-order valence-corrected chi connectivity index (χ3v) is 2.86. The second-order valence-electron chi connectivity index (χ2n) is 5.27. The minimum atomic E-state index is -0.266. The zero-order chi connectivity index (χ0) is 14.8. The summed E-state index contributed by atoms with van der Waals surface area (Å²) in [5.74, 6) is 6.35. The molecular weight excluding hydrogens is 248 g/mol. The molecule has 20 heavy (non-hydrogen) atoms. The molecule has 108 valence electrons. The fourth-order valence-electron chi connectivity index (χ4n) is 1.89. The molecule has 0 amide bonds. The van der Waals surface area contributed by atoms with Gasteiger partial charge in [-0.15, -0.1) is 0 Å². The van der Waals surface area contributed by atoms with Crippen molar-refractivity contribution in [1.29, 1.82) is 0 Å². The highest BCUT2D eigenvalue weighted by Gasteiger charge is 2.13. The van der Waals surface area contributed by atoms with Crippen LogP contribution in [0.5, 0.6) is 0 Å². The van der Waals surface area contributed by atoms with Crippen LogP contribution in [0.25, 0.3) is 0 Å². The summed E-state index contributed by atoms with van der Waals surface area (Å²) < 4.78 is 5.47. The van der Waals surface area contributed by atoms with Crippen molar-refractivity contribution in [3.05, 3.63) is 35.9 Å². The van der Waals surface area contributed by atoms with Gasteiger partial charge in [0.05, 0.1) is 0 Å². The van der Waals surface area contributed by atoms with Crippen molar-refractivity contribution in [2.75, 3.05) is 0 Å². The minimum absolute atomic E-state index is 0.162. The quantitative estimate of drug-likeness (QED) is 0.578. The van der Waals surface area contributed by atoms with Crippen molar-refractivity contribution in [3.63, 3.8) is 0 Å². The smallest absolute Gasteiger partial charge is 0.307 e. The second-order valence-corrected chi connectivity index (χ2v) is 5.27. The number of hydrogen-bond acceptors (Lipinski definition) is 2. The molecule has 1 aromatic carbocycles. The fourth-order valence-corrected chi connectivity index (χ4v) is 1.89. The van der Waals surface area contributed by atoms with Crippen molar-refractivity contribution in [1.82, 2.24) is 0 Å². The molecule has 0 aliphatic carbocycles. The number of rotatable bonds is 6. The highest BCUT2D eigenvalue weighted by Crippen LogP contribution is 2.10. The lowest BCUT2D eigenvalue weighted by molar-refractivity contribution is -0.146. The van der Waals surface area contributed by atoms with Crippen LogP contribution in [0.3, 0.4) is 0 Å². The highest BCUT2D eigenvalue weighted by molar-refractivity contribution is 5.70. The Morgan fingerprint density at radius 3 is 2.55 bits per heavy atom. The van der Waals surface area contributed by atoms with Gasteiger partial charge in [0.1, 0.15) is 0 Å². The third-order valence-electron chi connectivity index (χ3n) is 2.86. The molecule has 0 aromatic heterocycles. The van der Waals surface area contributed by atoms with Crippen LogP contribution < -0.4 is 0 Å². The summed E-state index contributed by atoms with van der Waals surface area (Å²) in [6, 6.07) is 9.98. The SMILES string of the molecule is CCC#CC(CC(C)C)OC(=O)CCc1ccccc1. The molecule has 0 spiro atoms. The van der Waals surface area contributed by atoms with Crippen molar-refractivity contribution < 1.29 is 9.53 Å². The highest BCUT2D eigenvalue weighted by atomic mass is 16.5. The van der Waals surface area contributed by atoms with E-state index in [9.17, 15) is 4.79 Å². The monoisotopic (exact) mass is 272 g/mol. The van der Waals surface area contributed by atoms with E-state index in [4.69, 9.17) is 4.74 Å². The lowest BCUT2D eigenvalue weighted by Gasteiger charge is -2.14. The first kappa shape index (κ1) is 16.3. The molecule has 0 N–H and O–H groups in total. The molecule has 2 nitrogen and oxygen atoms in total. The standard InChI is InChI=1S/C18H24O2/c1-4-5-11-17(14-15(2)3)20-18(19)13-12-16-9-7-6-8-10-16/h6-10,15,17H,4,12-14H2,1-3H3. The summed E-state index contributed by atoms with van der Waals surface area (Å²) in [6.45, 7) is 6.22. The summed E-state index contributed by atoms with van der Waals surface area (Å²) in [6.07, 6.45) is 2.44. The van der Waals surface area contributed by atoms with Crippen molar-refractivity contribution in [2.45, 2.75) is 52.6 Å². The molecule has 0 aliphatic rings. The normalized spacial score (nSPS) is 11.6. The molecule has 0 bridgehead atoms. The Kier molecular flexibility index (Phi) is 7.50. The Labute approximate surface area is 122 Å². The average Bonchev–Trinajstić information content (AvgIpc) is 2.43. The molecule has 0 fully saturated rings. The number of carbonyl (C=O) groups excluding carboxylic acids is 1. The van der Waals surface area contributed by atoms with E-state index in [2.05, 4.69) is 25.7 Å². The van der Waals surface area contributed by atoms with Gasteiger partial charge in [-0.3, -0.25) is 4.79 Å². The summed E-state index contributed by atoms with van der Waals surface area (Å²) in [4.78, 5) is 11.9. The number of benzene rings is 1. The van der Waals surface area contributed by atoms with Gasteiger partial charge in [0.25, 0.3) is 0 Å².